The van der Waals surface area contributed by atoms with Crippen LogP contribution in [0.1, 0.15) is 22.7 Å². The third-order valence-electron chi connectivity index (χ3n) is 8.25. The SMILES string of the molecule is [Pt+2].[c-]1c(Oc2[c-]c3c(cc2)c2ccccc2n3-c2ccc3ccccc3n2)cccc1C1=N[C@H]2c3ccccc3C[C@H]2O1. The molecule has 0 saturated carbocycles. The van der Waals surface area contributed by atoms with Crippen LogP contribution in [0.4, 0.5) is 0 Å². The van der Waals surface area contributed by atoms with Crippen LogP contribution in [0.5, 0.6) is 11.5 Å². The molecule has 208 valence electrons. The Hall–Kier alpha value is -4.73. The Morgan fingerprint density at radius 3 is 2.56 bits per heavy atom. The Bertz CT molecular complexity index is 2220. The minimum absolute atomic E-state index is 0. The molecule has 1 aliphatic heterocycles. The third kappa shape index (κ3) is 4.26. The van der Waals surface area contributed by atoms with Crippen LogP contribution >= 0.6 is 0 Å². The van der Waals surface area contributed by atoms with Crippen molar-refractivity contribution in [1.82, 2.24) is 9.55 Å². The average Bonchev–Trinajstić information content (AvgIpc) is 3.70. The van der Waals surface area contributed by atoms with E-state index in [9.17, 15) is 0 Å². The summed E-state index contributed by atoms with van der Waals surface area (Å²) in [5.41, 5.74) is 6.28. The second-order valence-electron chi connectivity index (χ2n) is 10.8. The fraction of sp³-hybridized carbons (Fsp3) is 0.0811. The predicted molar refractivity (Wildman–Crippen MR) is 165 cm³/mol. The topological polar surface area (TPSA) is 48.6 Å². The first-order valence-electron chi connectivity index (χ1n) is 14.1. The molecule has 0 bridgehead atoms. The zero-order chi connectivity index (χ0) is 27.6. The number of para-hydroxylation sites is 2. The summed E-state index contributed by atoms with van der Waals surface area (Å²) in [5.74, 6) is 2.64. The zero-order valence-electron chi connectivity index (χ0n) is 22.8. The molecule has 0 radical (unpaired) electrons. The maximum Gasteiger partial charge on any atom is 2.00 e. The monoisotopic (exact) mass is 736 g/mol. The van der Waals surface area contributed by atoms with E-state index in [2.05, 4.69) is 89.5 Å². The maximum absolute atomic E-state index is 6.34. The van der Waals surface area contributed by atoms with Crippen LogP contribution in [-0.2, 0) is 32.2 Å². The zero-order valence-corrected chi connectivity index (χ0v) is 25.1. The summed E-state index contributed by atoms with van der Waals surface area (Å²) < 4.78 is 14.8. The fourth-order valence-corrected chi connectivity index (χ4v) is 6.33. The molecule has 0 N–H and O–H groups in total. The molecule has 3 heterocycles. The summed E-state index contributed by atoms with van der Waals surface area (Å²) in [5, 5.41) is 3.34. The summed E-state index contributed by atoms with van der Waals surface area (Å²) in [6.07, 6.45) is 0.913. The first kappa shape index (κ1) is 25.9. The van der Waals surface area contributed by atoms with Gasteiger partial charge in [-0.2, -0.15) is 6.07 Å². The van der Waals surface area contributed by atoms with E-state index in [4.69, 9.17) is 19.5 Å². The van der Waals surface area contributed by atoms with Crippen LogP contribution in [0, 0.1) is 12.1 Å². The number of rotatable bonds is 4. The molecular formula is C37H23N3O2Pt. The van der Waals surface area contributed by atoms with Crippen LogP contribution in [0.15, 0.2) is 120 Å². The molecular weight excluding hydrogens is 714 g/mol. The molecule has 0 saturated heterocycles. The Morgan fingerprint density at radius 1 is 0.744 bits per heavy atom. The van der Waals surface area contributed by atoms with Crippen LogP contribution in [0.3, 0.4) is 0 Å². The van der Waals surface area contributed by atoms with Crippen molar-refractivity contribution in [3.05, 3.63) is 144 Å². The van der Waals surface area contributed by atoms with Gasteiger partial charge in [0.2, 0.25) is 0 Å². The molecule has 2 aromatic heterocycles. The molecule has 7 aromatic rings. The summed E-state index contributed by atoms with van der Waals surface area (Å²) >= 11 is 0. The number of pyridine rings is 1. The van der Waals surface area contributed by atoms with E-state index in [1.54, 1.807) is 0 Å². The number of aliphatic imine (C=N–C) groups is 1. The summed E-state index contributed by atoms with van der Waals surface area (Å²) in [6, 6.07) is 46.0. The Balaban J connectivity index is 0.00000278. The van der Waals surface area contributed by atoms with Crippen molar-refractivity contribution in [3.63, 3.8) is 0 Å². The van der Waals surface area contributed by atoms with Gasteiger partial charge in [0, 0.05) is 28.8 Å². The van der Waals surface area contributed by atoms with E-state index < -0.39 is 0 Å². The first-order valence-corrected chi connectivity index (χ1v) is 14.1. The van der Waals surface area contributed by atoms with Crippen LogP contribution in [-0.4, -0.2) is 21.6 Å². The second-order valence-corrected chi connectivity index (χ2v) is 10.8. The van der Waals surface area contributed by atoms with Gasteiger partial charge in [-0.25, -0.2) is 4.98 Å². The standard InChI is InChI=1S/C37H23N3O2.Pt/c1-3-12-28-24(9-1)21-34-36(28)39-37(42-34)25-10-7-11-26(20-25)41-27-17-18-30-29-13-4-6-15-32(29)40(33(30)22-27)35-19-16-23-8-2-5-14-31(23)38-35;/h1-19,34,36H,21H2;/q-2;+2/t34-,36+;/m1./s1. The molecule has 6 heteroatoms. The van der Waals surface area contributed by atoms with Crippen LogP contribution < -0.4 is 4.74 Å². The van der Waals surface area contributed by atoms with Gasteiger partial charge in [0.1, 0.15) is 23.9 Å². The van der Waals surface area contributed by atoms with Gasteiger partial charge in [0.05, 0.1) is 5.52 Å². The molecule has 2 atom stereocenters. The molecule has 0 amide bonds. The number of hydrogen-bond donors (Lipinski definition) is 0. The molecule has 9 rings (SSSR count). The molecule has 5 nitrogen and oxygen atoms in total. The predicted octanol–water partition coefficient (Wildman–Crippen LogP) is 8.16. The van der Waals surface area contributed by atoms with E-state index in [0.717, 1.165) is 50.5 Å². The Morgan fingerprint density at radius 2 is 1.58 bits per heavy atom. The van der Waals surface area contributed by atoms with Crippen molar-refractivity contribution >= 4 is 38.6 Å². The second kappa shape index (κ2) is 10.2. The van der Waals surface area contributed by atoms with Gasteiger partial charge in [-0.1, -0.05) is 77.8 Å². The number of aromatic nitrogens is 2. The van der Waals surface area contributed by atoms with Crippen molar-refractivity contribution in [2.45, 2.75) is 18.6 Å². The molecule has 0 spiro atoms. The van der Waals surface area contributed by atoms with Gasteiger partial charge in [-0.3, -0.25) is 4.99 Å². The van der Waals surface area contributed by atoms with E-state index in [0.29, 0.717) is 17.4 Å². The number of fused-ring (bicyclic) bond motifs is 7. The van der Waals surface area contributed by atoms with Gasteiger partial charge in [0.15, 0.2) is 0 Å². The van der Waals surface area contributed by atoms with Crippen molar-refractivity contribution in [1.29, 1.82) is 0 Å². The minimum atomic E-state index is 0. The van der Waals surface area contributed by atoms with Gasteiger partial charge in [0.25, 0.3) is 0 Å². The van der Waals surface area contributed by atoms with Crippen molar-refractivity contribution in [2.24, 2.45) is 4.99 Å². The van der Waals surface area contributed by atoms with E-state index >= 15 is 0 Å². The normalized spacial score (nSPS) is 16.9. The Kier molecular flexibility index (Phi) is 6.16. The number of ether oxygens (including phenoxy) is 2. The van der Waals surface area contributed by atoms with E-state index in [1.165, 1.54) is 11.1 Å². The van der Waals surface area contributed by atoms with Gasteiger partial charge < -0.3 is 14.0 Å². The summed E-state index contributed by atoms with van der Waals surface area (Å²) in [6.45, 7) is 0. The molecule has 43 heavy (non-hydrogen) atoms. The van der Waals surface area contributed by atoms with Crippen LogP contribution in [0.2, 0.25) is 0 Å². The minimum Gasteiger partial charge on any atom is -0.514 e. The van der Waals surface area contributed by atoms with Gasteiger partial charge >= 0.3 is 21.1 Å². The van der Waals surface area contributed by atoms with Crippen molar-refractivity contribution < 1.29 is 30.5 Å². The maximum atomic E-state index is 6.34. The number of hydrogen-bond acceptors (Lipinski definition) is 4. The van der Waals surface area contributed by atoms with Crippen LogP contribution in [0.25, 0.3) is 38.5 Å². The van der Waals surface area contributed by atoms with E-state index in [1.807, 2.05) is 42.5 Å². The first-order chi connectivity index (χ1) is 20.8. The number of nitrogens with zero attached hydrogens (tertiary/aromatic N) is 3. The molecule has 1 aliphatic carbocycles. The fourth-order valence-electron chi connectivity index (χ4n) is 6.33. The van der Waals surface area contributed by atoms with Gasteiger partial charge in [-0.15, -0.1) is 35.7 Å². The molecule has 2 aliphatic rings. The van der Waals surface area contributed by atoms with E-state index in [-0.39, 0.29) is 33.2 Å². The third-order valence-corrected chi connectivity index (χ3v) is 8.25. The summed E-state index contributed by atoms with van der Waals surface area (Å²) in [7, 11) is 0. The molecule has 5 aromatic carbocycles. The van der Waals surface area contributed by atoms with Crippen molar-refractivity contribution in [2.75, 3.05) is 0 Å². The van der Waals surface area contributed by atoms with Crippen molar-refractivity contribution in [3.8, 4) is 17.3 Å². The quantitative estimate of drug-likeness (QED) is 0.172. The largest absolute Gasteiger partial charge is 2.00 e. The molecule has 0 unspecified atom stereocenters. The van der Waals surface area contributed by atoms with Gasteiger partial charge in [-0.05, 0) is 40.8 Å². The Labute approximate surface area is 262 Å². The average molecular weight is 737 g/mol. The summed E-state index contributed by atoms with van der Waals surface area (Å²) in [4.78, 5) is 9.93. The smallest absolute Gasteiger partial charge is 0.514 e. The molecule has 0 fully saturated rings. The number of benzene rings is 5.